The normalized spacial score (nSPS) is 16.9. The second kappa shape index (κ2) is 6.24. The van der Waals surface area contributed by atoms with Gasteiger partial charge < -0.3 is 10.2 Å². The van der Waals surface area contributed by atoms with E-state index in [0.29, 0.717) is 13.0 Å². The lowest BCUT2D eigenvalue weighted by Crippen LogP contribution is -2.45. The van der Waals surface area contributed by atoms with Gasteiger partial charge in [-0.15, -0.1) is 0 Å². The highest BCUT2D eigenvalue weighted by atomic mass is 16.2. The van der Waals surface area contributed by atoms with E-state index in [9.17, 15) is 9.59 Å². The number of aryl methyl sites for hydroxylation is 1. The molecule has 0 aliphatic carbocycles. The fourth-order valence-corrected chi connectivity index (χ4v) is 3.03. The number of hydrogen-bond donors (Lipinski definition) is 1. The average Bonchev–Trinajstić information content (AvgIpc) is 2.54. The minimum atomic E-state index is -0.558. The summed E-state index contributed by atoms with van der Waals surface area (Å²) in [6.07, 6.45) is 0.355. The number of carbonyl (C=O) groups is 2. The lowest BCUT2D eigenvalue weighted by Gasteiger charge is -2.33. The predicted octanol–water partition coefficient (Wildman–Crippen LogP) is 2.37. The molecule has 3 rings (SSSR count). The van der Waals surface area contributed by atoms with E-state index in [2.05, 4.69) is 5.32 Å². The molecule has 4 nitrogen and oxygen atoms in total. The lowest BCUT2D eigenvalue weighted by molar-refractivity contribution is -0.140. The summed E-state index contributed by atoms with van der Waals surface area (Å²) in [6, 6.07) is 15.1. The largest absolute Gasteiger partial charge is 0.350 e. The van der Waals surface area contributed by atoms with E-state index in [1.807, 2.05) is 55.5 Å². The van der Waals surface area contributed by atoms with Crippen molar-refractivity contribution in [2.75, 3.05) is 7.05 Å². The Morgan fingerprint density at radius 2 is 2.00 bits per heavy atom. The molecule has 1 unspecified atom stereocenters. The van der Waals surface area contributed by atoms with Crippen LogP contribution in [0, 0.1) is 6.92 Å². The summed E-state index contributed by atoms with van der Waals surface area (Å²) in [7, 11) is 1.69. The van der Waals surface area contributed by atoms with Gasteiger partial charge in [0.15, 0.2) is 0 Å². The Bertz CT molecular complexity index is 755. The Labute approximate surface area is 136 Å². The summed E-state index contributed by atoms with van der Waals surface area (Å²) in [5.74, 6) is -0.172. The summed E-state index contributed by atoms with van der Waals surface area (Å²) in [4.78, 5) is 26.3. The van der Waals surface area contributed by atoms with Gasteiger partial charge in [-0.2, -0.15) is 0 Å². The summed E-state index contributed by atoms with van der Waals surface area (Å²) in [5, 5.41) is 2.95. The Hall–Kier alpha value is -2.62. The van der Waals surface area contributed by atoms with Crippen molar-refractivity contribution in [2.24, 2.45) is 0 Å². The molecule has 0 saturated heterocycles. The van der Waals surface area contributed by atoms with Crippen molar-refractivity contribution in [1.29, 1.82) is 0 Å². The Balaban J connectivity index is 1.79. The Morgan fingerprint density at radius 3 is 2.78 bits per heavy atom. The van der Waals surface area contributed by atoms with E-state index in [1.165, 1.54) is 4.90 Å². The van der Waals surface area contributed by atoms with E-state index in [0.717, 1.165) is 22.3 Å². The maximum Gasteiger partial charge on any atom is 0.247 e. The molecule has 0 spiro atoms. The molecule has 0 radical (unpaired) electrons. The van der Waals surface area contributed by atoms with Crippen LogP contribution in [0.4, 0.5) is 0 Å². The number of rotatable bonds is 3. The third-order valence-corrected chi connectivity index (χ3v) is 4.27. The first-order valence-electron chi connectivity index (χ1n) is 7.73. The zero-order valence-corrected chi connectivity index (χ0v) is 13.4. The molecule has 23 heavy (non-hydrogen) atoms. The van der Waals surface area contributed by atoms with E-state index >= 15 is 0 Å². The molecule has 1 aliphatic rings. The molecule has 1 N–H and O–H groups in total. The quantitative estimate of drug-likeness (QED) is 0.946. The van der Waals surface area contributed by atoms with Crippen molar-refractivity contribution in [1.82, 2.24) is 10.2 Å². The van der Waals surface area contributed by atoms with Gasteiger partial charge in [-0.3, -0.25) is 9.59 Å². The zero-order valence-electron chi connectivity index (χ0n) is 13.4. The van der Waals surface area contributed by atoms with Crippen LogP contribution in [0.1, 0.15) is 28.3 Å². The van der Waals surface area contributed by atoms with Crippen molar-refractivity contribution >= 4 is 11.8 Å². The van der Waals surface area contributed by atoms with Crippen LogP contribution in [0.5, 0.6) is 0 Å². The third kappa shape index (κ3) is 3.11. The van der Waals surface area contributed by atoms with Crippen molar-refractivity contribution in [3.05, 3.63) is 70.8 Å². The minimum absolute atomic E-state index is 0.0283. The van der Waals surface area contributed by atoms with Gasteiger partial charge in [0.05, 0.1) is 6.42 Å². The number of nitrogens with one attached hydrogen (secondary N) is 1. The highest BCUT2D eigenvalue weighted by Gasteiger charge is 2.34. The molecular formula is C19H20N2O2. The van der Waals surface area contributed by atoms with Gasteiger partial charge in [0.25, 0.3) is 0 Å². The van der Waals surface area contributed by atoms with Gasteiger partial charge in [0, 0.05) is 13.6 Å². The van der Waals surface area contributed by atoms with Gasteiger partial charge in [-0.05, 0) is 23.6 Å². The van der Waals surface area contributed by atoms with Gasteiger partial charge in [-0.25, -0.2) is 0 Å². The maximum absolute atomic E-state index is 12.7. The van der Waals surface area contributed by atoms with Gasteiger partial charge in [0.2, 0.25) is 11.8 Å². The molecule has 1 atom stereocenters. The maximum atomic E-state index is 12.7. The average molecular weight is 308 g/mol. The van der Waals surface area contributed by atoms with Crippen LogP contribution >= 0.6 is 0 Å². The molecular weight excluding hydrogens is 288 g/mol. The standard InChI is InChI=1S/C19H20N2O2/c1-13-6-5-7-14(10-13)12-20-19(23)18-16-9-4-3-8-15(16)11-17(22)21(18)2/h3-10,18H,11-12H2,1-2H3,(H,20,23). The van der Waals surface area contributed by atoms with Crippen LogP contribution in [-0.4, -0.2) is 23.8 Å². The molecule has 118 valence electrons. The highest BCUT2D eigenvalue weighted by Crippen LogP contribution is 2.29. The SMILES string of the molecule is Cc1cccc(CNC(=O)C2c3ccccc3CC(=O)N2C)c1. The van der Waals surface area contributed by atoms with Crippen LogP contribution in [0.2, 0.25) is 0 Å². The fraction of sp³-hybridized carbons (Fsp3) is 0.263. The molecule has 2 amide bonds. The zero-order chi connectivity index (χ0) is 16.4. The van der Waals surface area contributed by atoms with Crippen molar-refractivity contribution < 1.29 is 9.59 Å². The van der Waals surface area contributed by atoms with Gasteiger partial charge >= 0.3 is 0 Å². The summed E-state index contributed by atoms with van der Waals surface area (Å²) >= 11 is 0. The van der Waals surface area contributed by atoms with E-state index in [1.54, 1.807) is 7.05 Å². The molecule has 1 aliphatic heterocycles. The molecule has 1 heterocycles. The lowest BCUT2D eigenvalue weighted by atomic mass is 9.92. The molecule has 0 fully saturated rings. The van der Waals surface area contributed by atoms with Crippen LogP contribution in [-0.2, 0) is 22.6 Å². The topological polar surface area (TPSA) is 49.4 Å². The van der Waals surface area contributed by atoms with Crippen molar-refractivity contribution in [3.63, 3.8) is 0 Å². The van der Waals surface area contributed by atoms with Crippen LogP contribution in [0.15, 0.2) is 48.5 Å². The Morgan fingerprint density at radius 1 is 1.22 bits per heavy atom. The number of nitrogens with zero attached hydrogens (tertiary/aromatic N) is 1. The predicted molar refractivity (Wildman–Crippen MR) is 88.7 cm³/mol. The molecule has 0 saturated carbocycles. The first kappa shape index (κ1) is 15.3. The van der Waals surface area contributed by atoms with E-state index in [4.69, 9.17) is 0 Å². The molecule has 0 aromatic heterocycles. The number of amides is 2. The number of likely N-dealkylation sites (N-methyl/N-ethyl adjacent to an activating group) is 1. The second-order valence-electron chi connectivity index (χ2n) is 5.99. The Kier molecular flexibility index (Phi) is 4.15. The van der Waals surface area contributed by atoms with Gasteiger partial charge in [-0.1, -0.05) is 54.1 Å². The second-order valence-corrected chi connectivity index (χ2v) is 5.99. The molecule has 0 bridgehead atoms. The van der Waals surface area contributed by atoms with Crippen molar-refractivity contribution in [2.45, 2.75) is 25.9 Å². The van der Waals surface area contributed by atoms with Crippen LogP contribution < -0.4 is 5.32 Å². The first-order valence-corrected chi connectivity index (χ1v) is 7.73. The van der Waals surface area contributed by atoms with Crippen LogP contribution in [0.3, 0.4) is 0 Å². The number of benzene rings is 2. The van der Waals surface area contributed by atoms with Gasteiger partial charge in [0.1, 0.15) is 6.04 Å². The molecule has 2 aromatic rings. The van der Waals surface area contributed by atoms with Crippen LogP contribution in [0.25, 0.3) is 0 Å². The number of hydrogen-bond acceptors (Lipinski definition) is 2. The van der Waals surface area contributed by atoms with Crippen molar-refractivity contribution in [3.8, 4) is 0 Å². The first-order chi connectivity index (χ1) is 11.1. The minimum Gasteiger partial charge on any atom is -0.350 e. The molecule has 2 aromatic carbocycles. The highest BCUT2D eigenvalue weighted by molar-refractivity contribution is 5.92. The summed E-state index contributed by atoms with van der Waals surface area (Å²) in [5.41, 5.74) is 4.06. The third-order valence-electron chi connectivity index (χ3n) is 4.27. The van der Waals surface area contributed by atoms with E-state index in [-0.39, 0.29) is 11.8 Å². The fourth-order valence-electron chi connectivity index (χ4n) is 3.03. The summed E-state index contributed by atoms with van der Waals surface area (Å²) in [6.45, 7) is 2.48. The monoisotopic (exact) mass is 308 g/mol. The summed E-state index contributed by atoms with van der Waals surface area (Å²) < 4.78 is 0. The molecule has 4 heteroatoms. The smallest absolute Gasteiger partial charge is 0.247 e. The van der Waals surface area contributed by atoms with E-state index < -0.39 is 6.04 Å². The number of carbonyl (C=O) groups excluding carboxylic acids is 2. The number of fused-ring (bicyclic) bond motifs is 1.